The maximum absolute atomic E-state index is 2.08. The second-order valence-corrected chi connectivity index (χ2v) is 2.23. The standard InChI is InChI=1S/C8H11N.H3N/c1-9(2)8-6-4-3-5-7-8;/h3-7H,1-2H3;1H3. The summed E-state index contributed by atoms with van der Waals surface area (Å²) >= 11 is 0. The van der Waals surface area contributed by atoms with E-state index in [1.54, 1.807) is 0 Å². The molecule has 1 aromatic carbocycles. The van der Waals surface area contributed by atoms with E-state index in [0.717, 1.165) is 0 Å². The summed E-state index contributed by atoms with van der Waals surface area (Å²) in [5.74, 6) is 0. The molecule has 0 aromatic heterocycles. The van der Waals surface area contributed by atoms with Crippen molar-refractivity contribution < 1.29 is 0 Å². The van der Waals surface area contributed by atoms with Gasteiger partial charge < -0.3 is 11.1 Å². The number of hydrogen-bond acceptors (Lipinski definition) is 2. The molecule has 0 saturated carbocycles. The summed E-state index contributed by atoms with van der Waals surface area (Å²) in [4.78, 5) is 2.08. The van der Waals surface area contributed by atoms with Gasteiger partial charge in [-0.05, 0) is 12.1 Å². The number of rotatable bonds is 1. The van der Waals surface area contributed by atoms with Crippen molar-refractivity contribution in [1.29, 1.82) is 0 Å². The normalized spacial score (nSPS) is 8.20. The van der Waals surface area contributed by atoms with Gasteiger partial charge in [0.1, 0.15) is 0 Å². The molecular weight excluding hydrogens is 124 g/mol. The van der Waals surface area contributed by atoms with Crippen molar-refractivity contribution in [2.24, 2.45) is 0 Å². The molecule has 2 heteroatoms. The third-order valence-corrected chi connectivity index (χ3v) is 1.27. The van der Waals surface area contributed by atoms with Gasteiger partial charge in [0.25, 0.3) is 0 Å². The molecule has 0 spiro atoms. The largest absolute Gasteiger partial charge is 0.378 e. The first-order valence-corrected chi connectivity index (χ1v) is 3.03. The van der Waals surface area contributed by atoms with Crippen LogP contribution in [0.3, 0.4) is 0 Å². The molecule has 0 bridgehead atoms. The smallest absolute Gasteiger partial charge is 0.0360 e. The monoisotopic (exact) mass is 138 g/mol. The minimum absolute atomic E-state index is 0. The summed E-state index contributed by atoms with van der Waals surface area (Å²) in [6, 6.07) is 10.3. The van der Waals surface area contributed by atoms with Crippen LogP contribution in [0.5, 0.6) is 0 Å². The summed E-state index contributed by atoms with van der Waals surface area (Å²) in [7, 11) is 4.07. The molecule has 0 amide bonds. The third kappa shape index (κ3) is 2.07. The van der Waals surface area contributed by atoms with Crippen molar-refractivity contribution in [3.63, 3.8) is 0 Å². The van der Waals surface area contributed by atoms with Gasteiger partial charge in [0.05, 0.1) is 0 Å². The van der Waals surface area contributed by atoms with E-state index in [2.05, 4.69) is 17.0 Å². The Labute approximate surface area is 62.1 Å². The molecule has 1 rings (SSSR count). The summed E-state index contributed by atoms with van der Waals surface area (Å²) in [5.41, 5.74) is 1.25. The molecule has 0 radical (unpaired) electrons. The molecular formula is C8H14N2. The van der Waals surface area contributed by atoms with Crippen LogP contribution in [0.2, 0.25) is 0 Å². The number of benzene rings is 1. The topological polar surface area (TPSA) is 38.2 Å². The number of hydrogen-bond donors (Lipinski definition) is 1. The van der Waals surface area contributed by atoms with Gasteiger partial charge in [-0.1, -0.05) is 18.2 Å². The minimum atomic E-state index is 0. The van der Waals surface area contributed by atoms with Gasteiger partial charge >= 0.3 is 0 Å². The molecule has 0 aliphatic heterocycles. The van der Waals surface area contributed by atoms with E-state index in [4.69, 9.17) is 0 Å². The Morgan fingerprint density at radius 1 is 1.00 bits per heavy atom. The van der Waals surface area contributed by atoms with E-state index in [0.29, 0.717) is 0 Å². The van der Waals surface area contributed by atoms with Crippen LogP contribution in [-0.2, 0) is 0 Å². The van der Waals surface area contributed by atoms with E-state index in [9.17, 15) is 0 Å². The first kappa shape index (κ1) is 8.98. The molecule has 0 aliphatic rings. The number of para-hydroxylation sites is 1. The molecule has 0 fully saturated rings. The van der Waals surface area contributed by atoms with Crippen LogP contribution in [0.15, 0.2) is 30.3 Å². The third-order valence-electron chi connectivity index (χ3n) is 1.27. The van der Waals surface area contributed by atoms with Gasteiger partial charge in [0, 0.05) is 19.8 Å². The van der Waals surface area contributed by atoms with Crippen LogP contribution in [0.4, 0.5) is 5.69 Å². The maximum atomic E-state index is 2.08. The fourth-order valence-electron chi connectivity index (χ4n) is 0.726. The summed E-state index contributed by atoms with van der Waals surface area (Å²) in [6.07, 6.45) is 0. The lowest BCUT2D eigenvalue weighted by molar-refractivity contribution is 1.13. The average Bonchev–Trinajstić information content (AvgIpc) is 1.90. The van der Waals surface area contributed by atoms with E-state index in [1.165, 1.54) is 5.69 Å². The zero-order valence-corrected chi connectivity index (χ0v) is 6.54. The molecule has 1 aromatic rings. The van der Waals surface area contributed by atoms with Crippen LogP contribution < -0.4 is 11.1 Å². The van der Waals surface area contributed by atoms with Crippen LogP contribution in [0.1, 0.15) is 0 Å². The fraction of sp³-hybridized carbons (Fsp3) is 0.250. The van der Waals surface area contributed by atoms with Gasteiger partial charge in [-0.2, -0.15) is 0 Å². The molecule has 2 nitrogen and oxygen atoms in total. The molecule has 56 valence electrons. The predicted octanol–water partition coefficient (Wildman–Crippen LogP) is 1.91. The maximum Gasteiger partial charge on any atom is 0.0360 e. The van der Waals surface area contributed by atoms with Crippen LogP contribution in [0, 0.1) is 0 Å². The second kappa shape index (κ2) is 3.90. The lowest BCUT2D eigenvalue weighted by Gasteiger charge is -2.10. The van der Waals surface area contributed by atoms with Gasteiger partial charge in [-0.15, -0.1) is 0 Å². The average molecular weight is 138 g/mol. The van der Waals surface area contributed by atoms with E-state index in [1.807, 2.05) is 32.3 Å². The highest BCUT2D eigenvalue weighted by molar-refractivity contribution is 5.43. The predicted molar refractivity (Wildman–Crippen MR) is 45.8 cm³/mol. The molecule has 0 atom stereocenters. The Morgan fingerprint density at radius 2 is 1.50 bits per heavy atom. The van der Waals surface area contributed by atoms with Gasteiger partial charge in [0.15, 0.2) is 0 Å². The molecule has 0 unspecified atom stereocenters. The van der Waals surface area contributed by atoms with Gasteiger partial charge in [0.2, 0.25) is 0 Å². The van der Waals surface area contributed by atoms with Crippen LogP contribution in [-0.4, -0.2) is 14.1 Å². The quantitative estimate of drug-likeness (QED) is 0.643. The van der Waals surface area contributed by atoms with Crippen LogP contribution >= 0.6 is 0 Å². The Hall–Kier alpha value is -1.02. The fourth-order valence-corrected chi connectivity index (χ4v) is 0.726. The lowest BCUT2D eigenvalue weighted by Crippen LogP contribution is -2.07. The van der Waals surface area contributed by atoms with Gasteiger partial charge in [-0.25, -0.2) is 0 Å². The molecule has 0 heterocycles. The van der Waals surface area contributed by atoms with Crippen molar-refractivity contribution in [2.75, 3.05) is 19.0 Å². The van der Waals surface area contributed by atoms with Crippen molar-refractivity contribution >= 4 is 5.69 Å². The van der Waals surface area contributed by atoms with Crippen LogP contribution in [0.25, 0.3) is 0 Å². The van der Waals surface area contributed by atoms with E-state index >= 15 is 0 Å². The molecule has 10 heavy (non-hydrogen) atoms. The number of anilines is 1. The van der Waals surface area contributed by atoms with Crippen molar-refractivity contribution in [3.05, 3.63) is 30.3 Å². The molecule has 0 aliphatic carbocycles. The van der Waals surface area contributed by atoms with Crippen molar-refractivity contribution in [1.82, 2.24) is 6.15 Å². The first-order chi connectivity index (χ1) is 4.30. The Morgan fingerprint density at radius 3 is 1.80 bits per heavy atom. The van der Waals surface area contributed by atoms with Gasteiger partial charge in [-0.3, -0.25) is 0 Å². The first-order valence-electron chi connectivity index (χ1n) is 3.03. The molecule has 3 N–H and O–H groups in total. The SMILES string of the molecule is CN(C)c1ccccc1.N. The summed E-state index contributed by atoms with van der Waals surface area (Å²) in [6.45, 7) is 0. The van der Waals surface area contributed by atoms with E-state index in [-0.39, 0.29) is 6.15 Å². The number of nitrogens with zero attached hydrogens (tertiary/aromatic N) is 1. The highest BCUT2D eigenvalue weighted by atomic mass is 15.1. The lowest BCUT2D eigenvalue weighted by atomic mass is 10.3. The zero-order valence-electron chi connectivity index (χ0n) is 6.54. The Kier molecular flexibility index (Phi) is 3.51. The second-order valence-electron chi connectivity index (χ2n) is 2.23. The Bertz CT molecular complexity index is 170. The van der Waals surface area contributed by atoms with E-state index < -0.39 is 0 Å². The minimum Gasteiger partial charge on any atom is -0.378 e. The summed E-state index contributed by atoms with van der Waals surface area (Å²) < 4.78 is 0. The van der Waals surface area contributed by atoms with Crippen molar-refractivity contribution in [2.45, 2.75) is 0 Å². The zero-order chi connectivity index (χ0) is 6.69. The highest BCUT2D eigenvalue weighted by Crippen LogP contribution is 2.07. The Balaban J connectivity index is 0.000000810. The highest BCUT2D eigenvalue weighted by Gasteiger charge is 1.87. The molecule has 0 saturated heterocycles. The van der Waals surface area contributed by atoms with Crippen molar-refractivity contribution in [3.8, 4) is 0 Å². The summed E-state index contributed by atoms with van der Waals surface area (Å²) in [5, 5.41) is 0.